The topological polar surface area (TPSA) is 143 Å². The number of hydrogen-bond acceptors (Lipinski definition) is 7. The standard InChI is InChI=1S/C30H40N4O6S2/c1-23-6-14-27(15-7-23)41(36,37)33-20-4-18-31-29(25-10-12-26(40-3)13-11-25)22-30(35)32-19-5-21-34-42(38,39)28-16-8-24(2)9-17-28/h6-17,29,31,33-34H,4-5,18-22H2,1-3H3,(H,32,35)/t29-/m0/s1. The minimum Gasteiger partial charge on any atom is -0.497 e. The molecular weight excluding hydrogens is 576 g/mol. The van der Waals surface area contributed by atoms with Gasteiger partial charge in [0.25, 0.3) is 0 Å². The molecule has 0 aromatic heterocycles. The number of benzene rings is 3. The summed E-state index contributed by atoms with van der Waals surface area (Å²) < 4.78 is 60.3. The third kappa shape index (κ3) is 10.5. The number of amides is 1. The molecule has 3 rings (SSSR count). The molecule has 3 aromatic rings. The molecule has 0 saturated carbocycles. The fraction of sp³-hybridized carbons (Fsp3) is 0.367. The van der Waals surface area contributed by atoms with Gasteiger partial charge >= 0.3 is 0 Å². The Labute approximate surface area is 249 Å². The summed E-state index contributed by atoms with van der Waals surface area (Å²) in [5.41, 5.74) is 2.84. The predicted octanol–water partition coefficient (Wildman–Crippen LogP) is 3.19. The number of ether oxygens (including phenoxy) is 1. The first-order valence-electron chi connectivity index (χ1n) is 13.8. The number of carbonyl (C=O) groups is 1. The average molecular weight is 617 g/mol. The van der Waals surface area contributed by atoms with Gasteiger partial charge in [0.05, 0.1) is 16.9 Å². The van der Waals surface area contributed by atoms with Crippen LogP contribution in [0.15, 0.2) is 82.6 Å². The van der Waals surface area contributed by atoms with E-state index in [1.165, 1.54) is 0 Å². The fourth-order valence-electron chi connectivity index (χ4n) is 4.10. The van der Waals surface area contributed by atoms with E-state index in [4.69, 9.17) is 4.74 Å². The second-order valence-electron chi connectivity index (χ2n) is 9.96. The van der Waals surface area contributed by atoms with Gasteiger partial charge < -0.3 is 15.4 Å². The average Bonchev–Trinajstić information content (AvgIpc) is 2.96. The SMILES string of the molecule is COc1ccc([C@H](CC(=O)NCCCNS(=O)(=O)c2ccc(C)cc2)NCCCNS(=O)(=O)c2ccc(C)cc2)cc1. The van der Waals surface area contributed by atoms with Crippen molar-refractivity contribution in [2.45, 2.75) is 48.9 Å². The molecule has 0 aliphatic carbocycles. The highest BCUT2D eigenvalue weighted by Gasteiger charge is 2.17. The number of carbonyl (C=O) groups excluding carboxylic acids is 1. The van der Waals surface area contributed by atoms with Crippen LogP contribution in [-0.4, -0.2) is 56.0 Å². The van der Waals surface area contributed by atoms with E-state index >= 15 is 0 Å². The maximum atomic E-state index is 12.8. The highest BCUT2D eigenvalue weighted by molar-refractivity contribution is 7.89. The maximum Gasteiger partial charge on any atom is 0.240 e. The van der Waals surface area contributed by atoms with Gasteiger partial charge in [-0.3, -0.25) is 4.79 Å². The lowest BCUT2D eigenvalue weighted by Crippen LogP contribution is -2.34. The molecule has 0 fully saturated rings. The van der Waals surface area contributed by atoms with Crippen LogP contribution in [-0.2, 0) is 24.8 Å². The van der Waals surface area contributed by atoms with Crippen molar-refractivity contribution in [1.82, 2.24) is 20.1 Å². The Hall–Kier alpha value is -3.29. The summed E-state index contributed by atoms with van der Waals surface area (Å²) >= 11 is 0. The molecule has 42 heavy (non-hydrogen) atoms. The lowest BCUT2D eigenvalue weighted by Gasteiger charge is -2.20. The highest BCUT2D eigenvalue weighted by atomic mass is 32.2. The van der Waals surface area contributed by atoms with Crippen LogP contribution in [0.4, 0.5) is 0 Å². The van der Waals surface area contributed by atoms with Crippen LogP contribution in [0.1, 0.15) is 42.0 Å². The van der Waals surface area contributed by atoms with Crippen LogP contribution in [0.2, 0.25) is 0 Å². The first-order chi connectivity index (χ1) is 20.0. The monoisotopic (exact) mass is 616 g/mol. The third-order valence-electron chi connectivity index (χ3n) is 6.57. The molecule has 0 radical (unpaired) electrons. The Balaban J connectivity index is 1.46. The fourth-order valence-corrected chi connectivity index (χ4v) is 6.25. The molecule has 10 nitrogen and oxygen atoms in total. The summed E-state index contributed by atoms with van der Waals surface area (Å²) in [6, 6.07) is 20.3. The number of hydrogen-bond donors (Lipinski definition) is 4. The van der Waals surface area contributed by atoms with Crippen molar-refractivity contribution in [2.24, 2.45) is 0 Å². The number of rotatable bonds is 17. The zero-order valence-corrected chi connectivity index (χ0v) is 25.9. The molecule has 0 saturated heterocycles. The van der Waals surface area contributed by atoms with Gasteiger partial charge in [-0.2, -0.15) is 0 Å². The lowest BCUT2D eigenvalue weighted by atomic mass is 10.0. The molecule has 0 heterocycles. The zero-order valence-electron chi connectivity index (χ0n) is 24.2. The van der Waals surface area contributed by atoms with Crippen LogP contribution < -0.4 is 24.8 Å². The summed E-state index contributed by atoms with van der Waals surface area (Å²) in [5.74, 6) is 0.505. The molecule has 3 aromatic carbocycles. The Morgan fingerprint density at radius 2 is 1.17 bits per heavy atom. The molecule has 4 N–H and O–H groups in total. The second kappa shape index (κ2) is 15.8. The molecule has 1 amide bonds. The largest absolute Gasteiger partial charge is 0.497 e. The van der Waals surface area contributed by atoms with E-state index in [9.17, 15) is 21.6 Å². The molecule has 0 aliphatic rings. The Morgan fingerprint density at radius 3 is 1.64 bits per heavy atom. The third-order valence-corrected chi connectivity index (χ3v) is 9.53. The molecule has 0 spiro atoms. The molecule has 0 bridgehead atoms. The van der Waals surface area contributed by atoms with Crippen LogP contribution in [0.3, 0.4) is 0 Å². The quantitative estimate of drug-likeness (QED) is 0.171. The van der Waals surface area contributed by atoms with E-state index in [1.54, 1.807) is 55.6 Å². The van der Waals surface area contributed by atoms with Crippen molar-refractivity contribution < 1.29 is 26.4 Å². The molecule has 0 aliphatic heterocycles. The zero-order chi connectivity index (χ0) is 30.6. The minimum absolute atomic E-state index is 0.149. The van der Waals surface area contributed by atoms with Gasteiger partial charge in [-0.25, -0.2) is 26.3 Å². The Morgan fingerprint density at radius 1 is 0.690 bits per heavy atom. The number of sulfonamides is 2. The summed E-state index contributed by atoms with van der Waals surface area (Å²) in [6.45, 7) is 5.00. The van der Waals surface area contributed by atoms with E-state index in [-0.39, 0.29) is 41.3 Å². The van der Waals surface area contributed by atoms with Crippen molar-refractivity contribution in [1.29, 1.82) is 0 Å². The van der Waals surface area contributed by atoms with Gasteiger partial charge in [0.15, 0.2) is 0 Å². The first kappa shape index (κ1) is 33.2. The summed E-state index contributed by atoms with van der Waals surface area (Å²) in [4.78, 5) is 13.2. The van der Waals surface area contributed by atoms with E-state index in [0.717, 1.165) is 16.7 Å². The second-order valence-corrected chi connectivity index (χ2v) is 13.5. The lowest BCUT2D eigenvalue weighted by molar-refractivity contribution is -0.121. The number of methoxy groups -OCH3 is 1. The minimum atomic E-state index is -3.61. The van der Waals surface area contributed by atoms with Crippen LogP contribution in [0.5, 0.6) is 5.75 Å². The summed E-state index contributed by atoms with van der Waals surface area (Å²) in [7, 11) is -5.62. The molecular formula is C30H40N4O6S2. The molecule has 1 atom stereocenters. The Kier molecular flexibility index (Phi) is 12.5. The van der Waals surface area contributed by atoms with Crippen molar-refractivity contribution in [3.63, 3.8) is 0 Å². The van der Waals surface area contributed by atoms with Crippen molar-refractivity contribution in [2.75, 3.05) is 33.3 Å². The van der Waals surface area contributed by atoms with Crippen LogP contribution in [0, 0.1) is 13.8 Å². The molecule has 12 heteroatoms. The first-order valence-corrected chi connectivity index (χ1v) is 16.7. The summed E-state index contributed by atoms with van der Waals surface area (Å²) in [6.07, 6.45) is 1.09. The smallest absolute Gasteiger partial charge is 0.240 e. The van der Waals surface area contributed by atoms with E-state index in [0.29, 0.717) is 31.7 Å². The van der Waals surface area contributed by atoms with Gasteiger partial charge in [0.2, 0.25) is 26.0 Å². The highest BCUT2D eigenvalue weighted by Crippen LogP contribution is 2.20. The van der Waals surface area contributed by atoms with E-state index in [1.807, 2.05) is 38.1 Å². The van der Waals surface area contributed by atoms with Gasteiger partial charge in [-0.1, -0.05) is 47.5 Å². The van der Waals surface area contributed by atoms with E-state index < -0.39 is 20.0 Å². The maximum absolute atomic E-state index is 12.8. The normalized spacial score (nSPS) is 12.5. The number of aryl methyl sites for hydroxylation is 2. The Bertz CT molecular complexity index is 1490. The van der Waals surface area contributed by atoms with Gasteiger partial charge in [-0.15, -0.1) is 0 Å². The van der Waals surface area contributed by atoms with Gasteiger partial charge in [0.1, 0.15) is 5.75 Å². The molecule has 228 valence electrons. The van der Waals surface area contributed by atoms with Crippen LogP contribution in [0.25, 0.3) is 0 Å². The van der Waals surface area contributed by atoms with Crippen molar-refractivity contribution in [3.05, 3.63) is 89.5 Å². The van der Waals surface area contributed by atoms with Crippen LogP contribution >= 0.6 is 0 Å². The van der Waals surface area contributed by atoms with Crippen molar-refractivity contribution >= 4 is 26.0 Å². The van der Waals surface area contributed by atoms with Crippen molar-refractivity contribution in [3.8, 4) is 5.75 Å². The summed E-state index contributed by atoms with van der Waals surface area (Å²) in [5, 5.41) is 6.21. The van der Waals surface area contributed by atoms with E-state index in [2.05, 4.69) is 20.1 Å². The predicted molar refractivity (Wildman–Crippen MR) is 163 cm³/mol. The molecule has 0 unspecified atom stereocenters. The van der Waals surface area contributed by atoms with Gasteiger partial charge in [0, 0.05) is 32.1 Å². The number of nitrogens with one attached hydrogen (secondary N) is 4. The van der Waals surface area contributed by atoms with Gasteiger partial charge in [-0.05, 0) is 75.2 Å².